The predicted molar refractivity (Wildman–Crippen MR) is 56.9 cm³/mol. The maximum atomic E-state index is 12.8. The van der Waals surface area contributed by atoms with Gasteiger partial charge in [-0.3, -0.25) is 0 Å². The van der Waals surface area contributed by atoms with Gasteiger partial charge in [0.15, 0.2) is 0 Å². The SMILES string of the molecule is CC[C@H](N)c1ccc(F)c(N)c1O.Cl. The van der Waals surface area contributed by atoms with Crippen molar-refractivity contribution in [2.24, 2.45) is 5.73 Å². The van der Waals surface area contributed by atoms with Gasteiger partial charge >= 0.3 is 0 Å². The van der Waals surface area contributed by atoms with E-state index in [1.807, 2.05) is 6.92 Å². The van der Waals surface area contributed by atoms with Crippen molar-refractivity contribution in [3.8, 4) is 5.75 Å². The number of anilines is 1. The highest BCUT2D eigenvalue weighted by atomic mass is 35.5. The summed E-state index contributed by atoms with van der Waals surface area (Å²) in [7, 11) is 0. The zero-order valence-corrected chi connectivity index (χ0v) is 8.64. The smallest absolute Gasteiger partial charge is 0.149 e. The van der Waals surface area contributed by atoms with Crippen LogP contribution in [0.2, 0.25) is 0 Å². The Hall–Kier alpha value is -1.00. The van der Waals surface area contributed by atoms with Gasteiger partial charge in [0, 0.05) is 11.6 Å². The maximum absolute atomic E-state index is 12.8. The minimum Gasteiger partial charge on any atom is -0.505 e. The molecule has 0 unspecified atom stereocenters. The van der Waals surface area contributed by atoms with Crippen LogP contribution in [0.15, 0.2) is 12.1 Å². The number of nitrogen functional groups attached to an aromatic ring is 1. The molecule has 0 heterocycles. The second-order valence-corrected chi connectivity index (χ2v) is 2.91. The summed E-state index contributed by atoms with van der Waals surface area (Å²) in [5.74, 6) is -0.862. The number of benzene rings is 1. The van der Waals surface area contributed by atoms with Gasteiger partial charge < -0.3 is 16.6 Å². The fourth-order valence-electron chi connectivity index (χ4n) is 1.12. The van der Waals surface area contributed by atoms with Crippen molar-refractivity contribution in [2.75, 3.05) is 5.73 Å². The third-order valence-electron chi connectivity index (χ3n) is 2.03. The molecule has 1 aromatic carbocycles. The molecule has 0 aromatic heterocycles. The van der Waals surface area contributed by atoms with Gasteiger partial charge in [-0.1, -0.05) is 13.0 Å². The Morgan fingerprint density at radius 1 is 1.50 bits per heavy atom. The predicted octanol–water partition coefficient (Wildman–Crippen LogP) is 1.95. The van der Waals surface area contributed by atoms with E-state index in [4.69, 9.17) is 11.5 Å². The Morgan fingerprint density at radius 2 is 2.07 bits per heavy atom. The largest absolute Gasteiger partial charge is 0.505 e. The number of phenols is 1. The highest BCUT2D eigenvalue weighted by molar-refractivity contribution is 5.85. The van der Waals surface area contributed by atoms with Crippen LogP contribution in [0.25, 0.3) is 0 Å². The number of halogens is 2. The average Bonchev–Trinajstić information content (AvgIpc) is 2.13. The number of rotatable bonds is 2. The van der Waals surface area contributed by atoms with Crippen LogP contribution in [0.1, 0.15) is 24.9 Å². The summed E-state index contributed by atoms with van der Waals surface area (Å²) in [5.41, 5.74) is 11.2. The Kier molecular flexibility index (Phi) is 4.67. The second kappa shape index (κ2) is 5.02. The highest BCUT2D eigenvalue weighted by Gasteiger charge is 2.13. The van der Waals surface area contributed by atoms with Crippen LogP contribution in [0.3, 0.4) is 0 Å². The highest BCUT2D eigenvalue weighted by Crippen LogP contribution is 2.31. The van der Waals surface area contributed by atoms with Crippen molar-refractivity contribution in [1.29, 1.82) is 0 Å². The summed E-state index contributed by atoms with van der Waals surface area (Å²) >= 11 is 0. The van der Waals surface area contributed by atoms with Crippen LogP contribution in [0, 0.1) is 5.82 Å². The summed E-state index contributed by atoms with van der Waals surface area (Å²) < 4.78 is 12.8. The lowest BCUT2D eigenvalue weighted by Gasteiger charge is -2.12. The third-order valence-corrected chi connectivity index (χ3v) is 2.03. The Bertz CT molecular complexity index is 320. The van der Waals surface area contributed by atoms with E-state index in [0.29, 0.717) is 12.0 Å². The van der Waals surface area contributed by atoms with Crippen LogP contribution < -0.4 is 11.5 Å². The van der Waals surface area contributed by atoms with E-state index in [1.54, 1.807) is 0 Å². The molecule has 0 amide bonds. The standard InChI is InChI=1S/C9H13FN2O.ClH/c1-2-7(11)5-3-4-6(10)8(12)9(5)13;/h3-4,7,13H,2,11-12H2,1H3;1H/t7-;/m0./s1. The van der Waals surface area contributed by atoms with E-state index >= 15 is 0 Å². The lowest BCUT2D eigenvalue weighted by molar-refractivity contribution is 0.458. The van der Waals surface area contributed by atoms with Crippen molar-refractivity contribution in [3.63, 3.8) is 0 Å². The Balaban J connectivity index is 0.00000169. The van der Waals surface area contributed by atoms with E-state index in [2.05, 4.69) is 0 Å². The van der Waals surface area contributed by atoms with Crippen molar-refractivity contribution >= 4 is 18.1 Å². The van der Waals surface area contributed by atoms with Crippen molar-refractivity contribution in [3.05, 3.63) is 23.5 Å². The molecule has 0 aliphatic rings. The van der Waals surface area contributed by atoms with Crippen LogP contribution in [0.4, 0.5) is 10.1 Å². The molecule has 0 radical (unpaired) electrons. The summed E-state index contributed by atoms with van der Waals surface area (Å²) in [6.07, 6.45) is 0.665. The fraction of sp³-hybridized carbons (Fsp3) is 0.333. The van der Waals surface area contributed by atoms with E-state index in [-0.39, 0.29) is 29.9 Å². The average molecular weight is 221 g/mol. The van der Waals surface area contributed by atoms with Crippen LogP contribution >= 0.6 is 12.4 Å². The topological polar surface area (TPSA) is 72.3 Å². The molecule has 0 saturated carbocycles. The number of hydrogen-bond acceptors (Lipinski definition) is 3. The molecular weight excluding hydrogens is 207 g/mol. The van der Waals surface area contributed by atoms with Gasteiger partial charge in [0.25, 0.3) is 0 Å². The first kappa shape index (κ1) is 13.0. The van der Waals surface area contributed by atoms with Gasteiger partial charge in [-0.25, -0.2) is 4.39 Å². The molecule has 3 nitrogen and oxygen atoms in total. The second-order valence-electron chi connectivity index (χ2n) is 2.91. The van der Waals surface area contributed by atoms with Gasteiger partial charge in [-0.05, 0) is 12.5 Å². The van der Waals surface area contributed by atoms with Crippen LogP contribution in [0.5, 0.6) is 5.75 Å². The summed E-state index contributed by atoms with van der Waals surface area (Å²) in [4.78, 5) is 0. The number of aromatic hydroxyl groups is 1. The lowest BCUT2D eigenvalue weighted by atomic mass is 10.0. The van der Waals surface area contributed by atoms with Gasteiger partial charge in [0.05, 0.1) is 0 Å². The molecule has 14 heavy (non-hydrogen) atoms. The molecule has 0 fully saturated rings. The van der Waals surface area contributed by atoms with E-state index in [0.717, 1.165) is 0 Å². The number of hydrogen-bond donors (Lipinski definition) is 3. The van der Waals surface area contributed by atoms with Crippen molar-refractivity contribution < 1.29 is 9.50 Å². The van der Waals surface area contributed by atoms with Crippen LogP contribution in [-0.4, -0.2) is 5.11 Å². The number of phenolic OH excluding ortho intramolecular Hbond substituents is 1. The monoisotopic (exact) mass is 220 g/mol. The first-order valence-corrected chi connectivity index (χ1v) is 4.10. The van der Waals surface area contributed by atoms with Gasteiger partial charge in [-0.15, -0.1) is 12.4 Å². The maximum Gasteiger partial charge on any atom is 0.149 e. The molecule has 5 N–H and O–H groups in total. The molecule has 0 saturated heterocycles. The Labute approximate surface area is 88.3 Å². The zero-order valence-electron chi connectivity index (χ0n) is 7.83. The normalized spacial score (nSPS) is 11.9. The molecule has 0 aliphatic heterocycles. The van der Waals surface area contributed by atoms with Crippen molar-refractivity contribution in [1.82, 2.24) is 0 Å². The molecule has 5 heteroatoms. The molecular formula is C9H14ClFN2O. The van der Waals surface area contributed by atoms with Gasteiger partial charge in [0.1, 0.15) is 17.3 Å². The van der Waals surface area contributed by atoms with Gasteiger partial charge in [-0.2, -0.15) is 0 Å². The minimum absolute atomic E-state index is 0. The van der Waals surface area contributed by atoms with E-state index in [9.17, 15) is 9.50 Å². The summed E-state index contributed by atoms with van der Waals surface area (Å²) in [6, 6.07) is 2.36. The minimum atomic E-state index is -0.621. The lowest BCUT2D eigenvalue weighted by Crippen LogP contribution is -2.10. The third kappa shape index (κ3) is 2.27. The van der Waals surface area contributed by atoms with Crippen LogP contribution in [-0.2, 0) is 0 Å². The molecule has 1 aromatic rings. The van der Waals surface area contributed by atoms with E-state index < -0.39 is 5.82 Å². The van der Waals surface area contributed by atoms with E-state index in [1.165, 1.54) is 12.1 Å². The summed E-state index contributed by atoms with van der Waals surface area (Å²) in [5, 5.41) is 9.43. The fourth-order valence-corrected chi connectivity index (χ4v) is 1.12. The quantitative estimate of drug-likeness (QED) is 0.527. The molecule has 0 bridgehead atoms. The van der Waals surface area contributed by atoms with Crippen molar-refractivity contribution in [2.45, 2.75) is 19.4 Å². The first-order chi connectivity index (χ1) is 6.07. The molecule has 0 spiro atoms. The zero-order chi connectivity index (χ0) is 10.0. The first-order valence-electron chi connectivity index (χ1n) is 4.10. The Morgan fingerprint density at radius 3 is 2.57 bits per heavy atom. The number of nitrogens with two attached hydrogens (primary N) is 2. The summed E-state index contributed by atoms with van der Waals surface area (Å²) in [6.45, 7) is 1.88. The van der Waals surface area contributed by atoms with Gasteiger partial charge in [0.2, 0.25) is 0 Å². The molecule has 0 aliphatic carbocycles. The molecule has 1 rings (SSSR count). The molecule has 1 atom stereocenters. The molecule has 80 valence electrons.